The maximum atomic E-state index is 12.7. The number of carbonyl (C=O) groups excluding carboxylic acids is 2. The van der Waals surface area contributed by atoms with Gasteiger partial charge in [-0.15, -0.1) is 0 Å². The molecule has 0 radical (unpaired) electrons. The van der Waals surface area contributed by atoms with E-state index in [2.05, 4.69) is 36.5 Å². The number of nitrogens with one attached hydrogen (secondary N) is 1. The van der Waals surface area contributed by atoms with Crippen molar-refractivity contribution in [2.45, 2.75) is 12.7 Å². The van der Waals surface area contributed by atoms with Gasteiger partial charge in [-0.25, -0.2) is 0 Å². The van der Waals surface area contributed by atoms with Crippen molar-refractivity contribution in [3.05, 3.63) is 77.4 Å². The Morgan fingerprint density at radius 1 is 1.04 bits per heavy atom. The highest BCUT2D eigenvalue weighted by Crippen LogP contribution is 2.36. The third-order valence-corrected chi connectivity index (χ3v) is 5.94. The minimum atomic E-state index is -0.130. The number of hydrogen-bond donors (Lipinski definition) is 1. The fraction of sp³-hybridized carbons (Fsp3) is 0.217. The Kier molecular flexibility index (Phi) is 5.35. The largest absolute Gasteiger partial charge is 0.354 e. The highest BCUT2D eigenvalue weighted by Gasteiger charge is 2.30. The van der Waals surface area contributed by atoms with Crippen LogP contribution in [0.15, 0.2) is 60.7 Å². The minimum absolute atomic E-state index is 0.0508. The zero-order valence-corrected chi connectivity index (χ0v) is 16.6. The summed E-state index contributed by atoms with van der Waals surface area (Å²) in [7, 11) is 0. The smallest absolute Gasteiger partial charge is 0.259 e. The summed E-state index contributed by atoms with van der Waals surface area (Å²) in [6.45, 7) is 2.72. The topological polar surface area (TPSA) is 49.4 Å². The van der Waals surface area contributed by atoms with E-state index in [0.717, 1.165) is 28.0 Å². The molecular weight excluding hydrogens is 368 g/mol. The molecule has 3 aromatic carbocycles. The van der Waals surface area contributed by atoms with Crippen LogP contribution >= 0.6 is 11.8 Å². The van der Waals surface area contributed by atoms with Gasteiger partial charge in [0.15, 0.2) is 0 Å². The van der Waals surface area contributed by atoms with Crippen LogP contribution < -0.4 is 10.2 Å². The van der Waals surface area contributed by atoms with Crippen LogP contribution in [0.25, 0.3) is 10.8 Å². The zero-order chi connectivity index (χ0) is 19.5. The molecule has 2 amide bonds. The second-order valence-corrected chi connectivity index (χ2v) is 8.07. The van der Waals surface area contributed by atoms with Crippen molar-refractivity contribution in [1.82, 2.24) is 5.32 Å². The summed E-state index contributed by atoms with van der Waals surface area (Å²) in [5.41, 5.74) is 4.04. The number of benzene rings is 3. The molecule has 28 heavy (non-hydrogen) atoms. The van der Waals surface area contributed by atoms with Crippen LogP contribution in [0.1, 0.15) is 21.5 Å². The normalized spacial score (nSPS) is 12.6. The maximum absolute atomic E-state index is 12.7. The second kappa shape index (κ2) is 8.07. The molecule has 0 fully saturated rings. The third kappa shape index (κ3) is 3.76. The van der Waals surface area contributed by atoms with Gasteiger partial charge in [-0.2, -0.15) is 11.8 Å². The molecule has 142 valence electrons. The van der Waals surface area contributed by atoms with E-state index in [-0.39, 0.29) is 18.4 Å². The van der Waals surface area contributed by atoms with Gasteiger partial charge in [0.2, 0.25) is 5.91 Å². The molecule has 0 spiro atoms. The predicted octanol–water partition coefficient (Wildman–Crippen LogP) is 4.16. The first-order chi connectivity index (χ1) is 13.6. The molecule has 0 aromatic heterocycles. The van der Waals surface area contributed by atoms with E-state index < -0.39 is 0 Å². The quantitative estimate of drug-likeness (QED) is 0.617. The third-order valence-electron chi connectivity index (χ3n) is 4.91. The van der Waals surface area contributed by atoms with E-state index >= 15 is 0 Å². The average molecular weight is 391 g/mol. The van der Waals surface area contributed by atoms with Crippen molar-refractivity contribution >= 4 is 40.0 Å². The van der Waals surface area contributed by atoms with Crippen molar-refractivity contribution in [2.75, 3.05) is 23.7 Å². The number of aryl methyl sites for hydroxylation is 1. The van der Waals surface area contributed by atoms with Gasteiger partial charge >= 0.3 is 0 Å². The molecular formula is C23H22N2O2S. The SMILES string of the molecule is Cc1ccc(CSCCNC(=O)CN2C(=O)c3cccc4cccc2c34)cc1. The summed E-state index contributed by atoms with van der Waals surface area (Å²) in [5.74, 6) is 1.53. The molecule has 3 aromatic rings. The summed E-state index contributed by atoms with van der Waals surface area (Å²) in [4.78, 5) is 26.7. The highest BCUT2D eigenvalue weighted by molar-refractivity contribution is 7.98. The van der Waals surface area contributed by atoms with Gasteiger partial charge in [0, 0.05) is 29.0 Å². The Hall–Kier alpha value is -2.79. The first kappa shape index (κ1) is 18.6. The van der Waals surface area contributed by atoms with Gasteiger partial charge in [0.25, 0.3) is 5.91 Å². The molecule has 0 saturated carbocycles. The van der Waals surface area contributed by atoms with E-state index in [9.17, 15) is 9.59 Å². The fourth-order valence-corrected chi connectivity index (χ4v) is 4.29. The number of nitrogens with zero attached hydrogens (tertiary/aromatic N) is 1. The van der Waals surface area contributed by atoms with Crippen LogP contribution in [-0.4, -0.2) is 30.7 Å². The zero-order valence-electron chi connectivity index (χ0n) is 15.8. The molecule has 5 heteroatoms. The summed E-state index contributed by atoms with van der Waals surface area (Å²) in [5, 5.41) is 4.90. The van der Waals surface area contributed by atoms with Gasteiger partial charge < -0.3 is 5.32 Å². The molecule has 0 aliphatic carbocycles. The monoisotopic (exact) mass is 390 g/mol. The molecule has 0 unspecified atom stereocenters. The first-order valence-corrected chi connectivity index (χ1v) is 10.5. The lowest BCUT2D eigenvalue weighted by Gasteiger charge is -2.17. The van der Waals surface area contributed by atoms with Crippen LogP contribution in [0.2, 0.25) is 0 Å². The van der Waals surface area contributed by atoms with Gasteiger partial charge in [-0.1, -0.05) is 54.1 Å². The van der Waals surface area contributed by atoms with E-state index in [1.165, 1.54) is 11.1 Å². The lowest BCUT2D eigenvalue weighted by atomic mass is 10.1. The summed E-state index contributed by atoms with van der Waals surface area (Å²) in [6.07, 6.45) is 0. The van der Waals surface area contributed by atoms with Crippen LogP contribution in [0, 0.1) is 6.92 Å². The standard InChI is InChI=1S/C23H22N2O2S/c1-16-8-10-17(11-9-16)15-28-13-12-24-21(26)14-25-20-7-3-5-18-4-2-6-19(22(18)20)23(25)27/h2-11H,12-15H2,1H3,(H,24,26). The number of hydrogen-bond acceptors (Lipinski definition) is 3. The van der Waals surface area contributed by atoms with Crippen LogP contribution in [0.3, 0.4) is 0 Å². The van der Waals surface area contributed by atoms with Gasteiger partial charge in [0.1, 0.15) is 6.54 Å². The molecule has 1 aliphatic rings. The van der Waals surface area contributed by atoms with Gasteiger partial charge in [-0.3, -0.25) is 14.5 Å². The van der Waals surface area contributed by atoms with Crippen molar-refractivity contribution < 1.29 is 9.59 Å². The van der Waals surface area contributed by atoms with Crippen molar-refractivity contribution in [1.29, 1.82) is 0 Å². The number of anilines is 1. The lowest BCUT2D eigenvalue weighted by molar-refractivity contribution is -0.119. The maximum Gasteiger partial charge on any atom is 0.259 e. The molecule has 0 atom stereocenters. The van der Waals surface area contributed by atoms with E-state index in [0.29, 0.717) is 12.1 Å². The Balaban J connectivity index is 1.28. The van der Waals surface area contributed by atoms with Crippen LogP contribution in [-0.2, 0) is 10.5 Å². The van der Waals surface area contributed by atoms with E-state index in [4.69, 9.17) is 0 Å². The summed E-state index contributed by atoms with van der Waals surface area (Å²) in [6, 6.07) is 20.0. The first-order valence-electron chi connectivity index (χ1n) is 9.37. The summed E-state index contributed by atoms with van der Waals surface area (Å²) < 4.78 is 0. The Bertz CT molecular complexity index is 1030. The molecule has 1 N–H and O–H groups in total. The molecule has 0 saturated heterocycles. The van der Waals surface area contributed by atoms with Crippen LogP contribution in [0.5, 0.6) is 0 Å². The van der Waals surface area contributed by atoms with E-state index in [1.54, 1.807) is 16.7 Å². The Labute approximate surface area is 168 Å². The van der Waals surface area contributed by atoms with Crippen LogP contribution in [0.4, 0.5) is 5.69 Å². The molecule has 4 rings (SSSR count). The lowest BCUT2D eigenvalue weighted by Crippen LogP contribution is -2.39. The predicted molar refractivity (Wildman–Crippen MR) is 116 cm³/mol. The van der Waals surface area contributed by atoms with Gasteiger partial charge in [0.05, 0.1) is 5.69 Å². The summed E-state index contributed by atoms with van der Waals surface area (Å²) >= 11 is 1.79. The van der Waals surface area contributed by atoms with Crippen molar-refractivity contribution in [3.8, 4) is 0 Å². The second-order valence-electron chi connectivity index (χ2n) is 6.96. The van der Waals surface area contributed by atoms with Crippen molar-refractivity contribution in [3.63, 3.8) is 0 Å². The van der Waals surface area contributed by atoms with E-state index in [1.807, 2.05) is 36.4 Å². The molecule has 1 aliphatic heterocycles. The van der Waals surface area contributed by atoms with Gasteiger partial charge in [-0.05, 0) is 30.0 Å². The Morgan fingerprint density at radius 3 is 2.57 bits per heavy atom. The van der Waals surface area contributed by atoms with Crippen molar-refractivity contribution in [2.24, 2.45) is 0 Å². The molecule has 4 nitrogen and oxygen atoms in total. The number of rotatable bonds is 7. The molecule has 1 heterocycles. The highest BCUT2D eigenvalue weighted by atomic mass is 32.2. The number of amides is 2. The molecule has 0 bridgehead atoms. The Morgan fingerprint density at radius 2 is 1.79 bits per heavy atom. The minimum Gasteiger partial charge on any atom is -0.354 e. The number of thioether (sulfide) groups is 1. The number of carbonyl (C=O) groups is 2. The average Bonchev–Trinajstić information content (AvgIpc) is 2.97. The fourth-order valence-electron chi connectivity index (χ4n) is 3.47.